The Labute approximate surface area is 139 Å². The zero-order valence-electron chi connectivity index (χ0n) is 14.4. The van der Waals surface area contributed by atoms with E-state index >= 15 is 0 Å². The number of aromatic amines is 1. The van der Waals surface area contributed by atoms with Gasteiger partial charge in [0.2, 0.25) is 0 Å². The highest BCUT2D eigenvalue weighted by Gasteiger charge is 2.10. The topological polar surface area (TPSA) is 63.9 Å². The fourth-order valence-electron chi connectivity index (χ4n) is 2.81. The molecule has 0 aliphatic carbocycles. The van der Waals surface area contributed by atoms with Crippen molar-refractivity contribution in [2.45, 2.75) is 58.8 Å². The van der Waals surface area contributed by atoms with Crippen molar-refractivity contribution in [3.8, 4) is 17.0 Å². The number of nitrogens with one attached hydrogen (secondary N) is 1. The van der Waals surface area contributed by atoms with Gasteiger partial charge in [0.15, 0.2) is 0 Å². The normalized spacial score (nSPS) is 10.9. The Morgan fingerprint density at radius 3 is 2.52 bits per heavy atom. The van der Waals surface area contributed by atoms with E-state index in [4.69, 9.17) is 10.5 Å². The number of hydrogen-bond acceptors (Lipinski definition) is 3. The van der Waals surface area contributed by atoms with Crippen molar-refractivity contribution in [1.29, 1.82) is 0 Å². The number of aromatic nitrogens is 2. The van der Waals surface area contributed by atoms with E-state index in [2.05, 4.69) is 35.3 Å². The molecule has 4 nitrogen and oxygen atoms in total. The summed E-state index contributed by atoms with van der Waals surface area (Å²) < 4.78 is 5.74. The van der Waals surface area contributed by atoms with Crippen LogP contribution in [0.25, 0.3) is 11.3 Å². The molecule has 0 unspecified atom stereocenters. The molecule has 23 heavy (non-hydrogen) atoms. The van der Waals surface area contributed by atoms with Gasteiger partial charge in [-0.3, -0.25) is 5.10 Å². The molecule has 2 aromatic rings. The highest BCUT2D eigenvalue weighted by molar-refractivity contribution is 5.69. The van der Waals surface area contributed by atoms with Gasteiger partial charge in [0, 0.05) is 11.6 Å². The summed E-state index contributed by atoms with van der Waals surface area (Å²) in [6.45, 7) is 4.90. The summed E-state index contributed by atoms with van der Waals surface area (Å²) in [6, 6.07) is 8.28. The Balaban J connectivity index is 2.01. The Morgan fingerprint density at radius 1 is 1.04 bits per heavy atom. The van der Waals surface area contributed by atoms with Crippen molar-refractivity contribution in [1.82, 2.24) is 10.2 Å². The van der Waals surface area contributed by atoms with Crippen LogP contribution in [0.5, 0.6) is 5.75 Å². The maximum atomic E-state index is 5.74. The minimum absolute atomic E-state index is 0.503. The smallest absolute Gasteiger partial charge is 0.145 e. The van der Waals surface area contributed by atoms with Crippen LogP contribution in [0.1, 0.15) is 57.9 Å². The molecule has 1 heterocycles. The fourth-order valence-corrected chi connectivity index (χ4v) is 2.81. The van der Waals surface area contributed by atoms with Crippen LogP contribution in [0.3, 0.4) is 0 Å². The predicted octanol–water partition coefficient (Wildman–Crippen LogP) is 4.96. The first kappa shape index (κ1) is 17.4. The Morgan fingerprint density at radius 2 is 1.83 bits per heavy atom. The van der Waals surface area contributed by atoms with Gasteiger partial charge in [-0.2, -0.15) is 5.10 Å². The van der Waals surface area contributed by atoms with Crippen molar-refractivity contribution in [3.63, 3.8) is 0 Å². The first-order valence-corrected chi connectivity index (χ1v) is 8.81. The number of hydrogen-bond donors (Lipinski definition) is 2. The lowest BCUT2D eigenvalue weighted by atomic mass is 10.0. The summed E-state index contributed by atoms with van der Waals surface area (Å²) in [5.74, 6) is 1.38. The maximum absolute atomic E-state index is 5.74. The quantitative estimate of drug-likeness (QED) is 0.609. The van der Waals surface area contributed by atoms with Gasteiger partial charge in [0.05, 0.1) is 12.3 Å². The predicted molar refractivity (Wildman–Crippen MR) is 96.7 cm³/mol. The standard InChI is InChI=1S/C19H29N3O/c1-3-5-6-7-8-9-10-15-11-12-18(23-4-2)16(13-15)17-14-19(20)22-21-17/h11-14H,3-10H2,1-2H3,(H3,20,21,22). The van der Waals surface area contributed by atoms with E-state index in [0.29, 0.717) is 12.4 Å². The first-order chi connectivity index (χ1) is 11.2. The van der Waals surface area contributed by atoms with Crippen molar-refractivity contribution in [2.75, 3.05) is 12.3 Å². The third-order valence-electron chi connectivity index (χ3n) is 4.05. The number of unbranched alkanes of at least 4 members (excludes halogenated alkanes) is 5. The van der Waals surface area contributed by atoms with Gasteiger partial charge >= 0.3 is 0 Å². The molecule has 3 N–H and O–H groups in total. The number of nitrogens with two attached hydrogens (primary N) is 1. The number of ether oxygens (including phenoxy) is 1. The summed E-state index contributed by atoms with van der Waals surface area (Å²) in [5, 5.41) is 7.01. The summed E-state index contributed by atoms with van der Waals surface area (Å²) in [5.41, 5.74) is 9.03. The number of nitrogen functional groups attached to an aromatic ring is 1. The summed E-state index contributed by atoms with van der Waals surface area (Å²) >= 11 is 0. The van der Waals surface area contributed by atoms with Crippen LogP contribution in [0.2, 0.25) is 0 Å². The van der Waals surface area contributed by atoms with Crippen molar-refractivity contribution in [3.05, 3.63) is 29.8 Å². The maximum Gasteiger partial charge on any atom is 0.145 e. The molecule has 0 fully saturated rings. The fraction of sp³-hybridized carbons (Fsp3) is 0.526. The SMILES string of the molecule is CCCCCCCCc1ccc(OCC)c(-c2cc(N)n[nH]2)c1. The molecule has 0 amide bonds. The third-order valence-corrected chi connectivity index (χ3v) is 4.05. The van der Waals surface area contributed by atoms with E-state index in [9.17, 15) is 0 Å². The van der Waals surface area contributed by atoms with E-state index in [-0.39, 0.29) is 0 Å². The Kier molecular flexibility index (Phi) is 6.98. The average Bonchev–Trinajstić information content (AvgIpc) is 2.98. The van der Waals surface area contributed by atoms with Gasteiger partial charge in [-0.25, -0.2) is 0 Å². The molecule has 2 rings (SSSR count). The molecular weight excluding hydrogens is 286 g/mol. The molecule has 0 radical (unpaired) electrons. The molecule has 0 spiro atoms. The monoisotopic (exact) mass is 315 g/mol. The van der Waals surface area contributed by atoms with Crippen LogP contribution >= 0.6 is 0 Å². The van der Waals surface area contributed by atoms with Gasteiger partial charge in [-0.05, 0) is 37.5 Å². The lowest BCUT2D eigenvalue weighted by molar-refractivity contribution is 0.341. The van der Waals surface area contributed by atoms with Gasteiger partial charge in [-0.1, -0.05) is 45.1 Å². The highest BCUT2D eigenvalue weighted by Crippen LogP contribution is 2.31. The first-order valence-electron chi connectivity index (χ1n) is 8.81. The molecule has 1 aromatic carbocycles. The Bertz CT molecular complexity index is 592. The van der Waals surface area contributed by atoms with Crippen LogP contribution in [-0.2, 0) is 6.42 Å². The van der Waals surface area contributed by atoms with Crippen LogP contribution < -0.4 is 10.5 Å². The van der Waals surface area contributed by atoms with E-state index in [1.165, 1.54) is 44.1 Å². The molecule has 1 aromatic heterocycles. The molecule has 0 saturated carbocycles. The van der Waals surface area contributed by atoms with Crippen LogP contribution in [-0.4, -0.2) is 16.8 Å². The van der Waals surface area contributed by atoms with Gasteiger partial charge < -0.3 is 10.5 Å². The molecule has 0 atom stereocenters. The zero-order chi connectivity index (χ0) is 16.5. The minimum atomic E-state index is 0.503. The molecule has 0 aliphatic rings. The number of H-pyrrole nitrogens is 1. The number of rotatable bonds is 10. The highest BCUT2D eigenvalue weighted by atomic mass is 16.5. The third kappa shape index (κ3) is 5.31. The second-order valence-electron chi connectivity index (χ2n) is 5.99. The average molecular weight is 315 g/mol. The van der Waals surface area contributed by atoms with E-state index in [0.717, 1.165) is 23.4 Å². The Hall–Kier alpha value is -1.97. The number of benzene rings is 1. The van der Waals surface area contributed by atoms with E-state index < -0.39 is 0 Å². The van der Waals surface area contributed by atoms with Gasteiger partial charge in [-0.15, -0.1) is 0 Å². The van der Waals surface area contributed by atoms with Crippen LogP contribution in [0.15, 0.2) is 24.3 Å². The second-order valence-corrected chi connectivity index (χ2v) is 5.99. The summed E-state index contributed by atoms with van der Waals surface area (Å²) in [7, 11) is 0. The minimum Gasteiger partial charge on any atom is -0.493 e. The lowest BCUT2D eigenvalue weighted by Gasteiger charge is -2.11. The molecule has 126 valence electrons. The second kappa shape index (κ2) is 9.23. The van der Waals surface area contributed by atoms with Crippen molar-refractivity contribution < 1.29 is 4.74 Å². The molecule has 0 saturated heterocycles. The van der Waals surface area contributed by atoms with E-state index in [1.807, 2.05) is 13.0 Å². The van der Waals surface area contributed by atoms with E-state index in [1.54, 1.807) is 0 Å². The number of aryl methyl sites for hydroxylation is 1. The zero-order valence-corrected chi connectivity index (χ0v) is 14.4. The van der Waals surface area contributed by atoms with Crippen molar-refractivity contribution >= 4 is 5.82 Å². The lowest BCUT2D eigenvalue weighted by Crippen LogP contribution is -1.96. The largest absolute Gasteiger partial charge is 0.493 e. The molecule has 4 heteroatoms. The van der Waals surface area contributed by atoms with Gasteiger partial charge in [0.25, 0.3) is 0 Å². The van der Waals surface area contributed by atoms with Gasteiger partial charge in [0.1, 0.15) is 11.6 Å². The van der Waals surface area contributed by atoms with Crippen LogP contribution in [0.4, 0.5) is 5.82 Å². The summed E-state index contributed by atoms with van der Waals surface area (Å²) in [6.07, 6.45) is 9.01. The molecular formula is C19H29N3O. The van der Waals surface area contributed by atoms with Crippen LogP contribution in [0, 0.1) is 0 Å². The summed E-state index contributed by atoms with van der Waals surface area (Å²) in [4.78, 5) is 0. The molecule has 0 aliphatic heterocycles. The number of anilines is 1. The molecule has 0 bridgehead atoms. The number of nitrogens with zero attached hydrogens (tertiary/aromatic N) is 1. The van der Waals surface area contributed by atoms with Crippen molar-refractivity contribution in [2.24, 2.45) is 0 Å².